The molecule has 1 rings (SSSR count). The summed E-state index contributed by atoms with van der Waals surface area (Å²) >= 11 is 0. The molecule has 1 aliphatic heterocycles. The quantitative estimate of drug-likeness (QED) is 0.498. The number of nitrogens with zero attached hydrogens (tertiary/aromatic N) is 1. The molecule has 0 bridgehead atoms. The fraction of sp³-hybridized carbons (Fsp3) is 0.556. The summed E-state index contributed by atoms with van der Waals surface area (Å²) in [4.78, 5) is 23.9. The van der Waals surface area contributed by atoms with Crippen LogP contribution < -0.4 is 0 Å². The van der Waals surface area contributed by atoms with Crippen molar-refractivity contribution in [2.75, 3.05) is 7.05 Å². The van der Waals surface area contributed by atoms with Crippen LogP contribution in [-0.2, 0) is 9.59 Å². The van der Waals surface area contributed by atoms with E-state index in [1.807, 2.05) is 0 Å². The van der Waals surface area contributed by atoms with E-state index in [1.165, 1.54) is 11.0 Å². The highest BCUT2D eigenvalue weighted by molar-refractivity contribution is 6.73. The number of likely N-dealkylation sites (N-methyl/N-ethyl adjacent to an activating group) is 1. The maximum absolute atomic E-state index is 11.5. The monoisotopic (exact) mass is 196 g/mol. The van der Waals surface area contributed by atoms with Crippen LogP contribution in [0.3, 0.4) is 0 Å². The second-order valence-corrected chi connectivity index (χ2v) is 6.23. The molecular weight excluding hydrogens is 182 g/mol. The molecule has 13 heavy (non-hydrogen) atoms. The van der Waals surface area contributed by atoms with E-state index in [2.05, 4.69) is 13.8 Å². The molecule has 1 aliphatic rings. The van der Waals surface area contributed by atoms with Crippen molar-refractivity contribution in [3.05, 3.63) is 11.3 Å². The predicted octanol–water partition coefficient (Wildman–Crippen LogP) is 0.985. The number of carbonyl (C=O) groups is 2. The Morgan fingerprint density at radius 2 is 1.85 bits per heavy atom. The zero-order chi connectivity index (χ0) is 10.0. The van der Waals surface area contributed by atoms with E-state index in [1.54, 1.807) is 7.05 Å². The van der Waals surface area contributed by atoms with Crippen LogP contribution in [0, 0.1) is 0 Å². The number of hydrogen-bond donors (Lipinski definition) is 0. The lowest BCUT2D eigenvalue weighted by molar-refractivity contribution is -0.135. The molecule has 0 N–H and O–H groups in total. The molecule has 0 aromatic rings. The molecule has 0 aromatic carbocycles. The van der Waals surface area contributed by atoms with Crippen molar-refractivity contribution in [3.8, 4) is 0 Å². The summed E-state index contributed by atoms with van der Waals surface area (Å²) in [5, 5.41) is 0.780. The zero-order valence-corrected chi connectivity index (χ0v) is 9.26. The maximum Gasteiger partial charge on any atom is 0.253 e. The SMILES string of the molecule is CC[Si](CC)C1=CC(=O)N(C)C1=O. The molecule has 2 amide bonds. The highest BCUT2D eigenvalue weighted by atomic mass is 28.3. The molecule has 3 nitrogen and oxygen atoms in total. The van der Waals surface area contributed by atoms with Crippen molar-refractivity contribution >= 4 is 20.6 Å². The third-order valence-electron chi connectivity index (χ3n) is 2.37. The van der Waals surface area contributed by atoms with Crippen LogP contribution in [-0.4, -0.2) is 32.6 Å². The van der Waals surface area contributed by atoms with Gasteiger partial charge in [-0.3, -0.25) is 14.5 Å². The third-order valence-corrected chi connectivity index (χ3v) is 5.20. The normalized spacial score (nSPS) is 17.2. The summed E-state index contributed by atoms with van der Waals surface area (Å²) in [5.74, 6) is -0.244. The van der Waals surface area contributed by atoms with E-state index in [4.69, 9.17) is 0 Å². The van der Waals surface area contributed by atoms with Crippen LogP contribution in [0.5, 0.6) is 0 Å². The van der Waals surface area contributed by atoms with Crippen LogP contribution in [0.15, 0.2) is 11.3 Å². The summed E-state index contributed by atoms with van der Waals surface area (Å²) in [5.41, 5.74) is 0. The largest absolute Gasteiger partial charge is 0.279 e. The van der Waals surface area contributed by atoms with Crippen LogP contribution in [0.1, 0.15) is 13.8 Å². The van der Waals surface area contributed by atoms with Gasteiger partial charge in [-0.15, -0.1) is 0 Å². The van der Waals surface area contributed by atoms with Gasteiger partial charge in [-0.25, -0.2) is 0 Å². The smallest absolute Gasteiger partial charge is 0.253 e. The highest BCUT2D eigenvalue weighted by Gasteiger charge is 2.31. The topological polar surface area (TPSA) is 37.4 Å². The van der Waals surface area contributed by atoms with Crippen molar-refractivity contribution in [1.29, 1.82) is 0 Å². The van der Waals surface area contributed by atoms with Gasteiger partial charge in [-0.1, -0.05) is 25.9 Å². The molecule has 0 fully saturated rings. The van der Waals surface area contributed by atoms with E-state index < -0.39 is 8.80 Å². The molecule has 0 spiro atoms. The van der Waals surface area contributed by atoms with Crippen molar-refractivity contribution < 1.29 is 9.59 Å². The second-order valence-electron chi connectivity index (χ2n) is 3.07. The van der Waals surface area contributed by atoms with Crippen LogP contribution in [0.25, 0.3) is 0 Å². The molecule has 1 radical (unpaired) electrons. The maximum atomic E-state index is 11.5. The average Bonchev–Trinajstić information content (AvgIpc) is 2.36. The molecule has 0 unspecified atom stereocenters. The van der Waals surface area contributed by atoms with E-state index in [-0.39, 0.29) is 11.8 Å². The second kappa shape index (κ2) is 3.87. The molecule has 0 atom stereocenters. The van der Waals surface area contributed by atoms with Gasteiger partial charge in [0.05, 0.1) is 8.80 Å². The molecule has 0 saturated heterocycles. The fourth-order valence-corrected chi connectivity index (χ4v) is 3.51. The van der Waals surface area contributed by atoms with Gasteiger partial charge in [0, 0.05) is 18.3 Å². The Hall–Kier alpha value is -0.903. The van der Waals surface area contributed by atoms with Gasteiger partial charge in [-0.05, 0) is 0 Å². The lowest BCUT2D eigenvalue weighted by atomic mass is 10.5. The van der Waals surface area contributed by atoms with Gasteiger partial charge in [-0.2, -0.15) is 0 Å². The Morgan fingerprint density at radius 3 is 2.15 bits per heavy atom. The fourth-order valence-electron chi connectivity index (χ4n) is 1.45. The summed E-state index contributed by atoms with van der Waals surface area (Å²) in [7, 11) is 0.775. The first-order valence-electron chi connectivity index (χ1n) is 4.50. The van der Waals surface area contributed by atoms with E-state index in [9.17, 15) is 9.59 Å². The van der Waals surface area contributed by atoms with E-state index >= 15 is 0 Å². The number of hydrogen-bond acceptors (Lipinski definition) is 2. The highest BCUT2D eigenvalue weighted by Crippen LogP contribution is 2.18. The van der Waals surface area contributed by atoms with Crippen LogP contribution >= 0.6 is 0 Å². The summed E-state index contributed by atoms with van der Waals surface area (Å²) in [6, 6.07) is 2.03. The Labute approximate surface area is 80.0 Å². The van der Waals surface area contributed by atoms with Crippen molar-refractivity contribution in [3.63, 3.8) is 0 Å². The van der Waals surface area contributed by atoms with Gasteiger partial charge in [0.25, 0.3) is 11.8 Å². The van der Waals surface area contributed by atoms with Gasteiger partial charge < -0.3 is 0 Å². The Kier molecular flexibility index (Phi) is 3.03. The number of rotatable bonds is 3. The standard InChI is InChI=1S/C9H14NO2Si/c1-4-13(5-2)7-6-8(11)10(3)9(7)12/h6H,4-5H2,1-3H3. The molecule has 0 saturated carbocycles. The lowest BCUT2D eigenvalue weighted by Gasteiger charge is -2.11. The number of carbonyl (C=O) groups excluding carboxylic acids is 2. The van der Waals surface area contributed by atoms with E-state index in [0.717, 1.165) is 17.3 Å². The van der Waals surface area contributed by atoms with Gasteiger partial charge in [0.2, 0.25) is 0 Å². The zero-order valence-electron chi connectivity index (χ0n) is 8.26. The number of amides is 2. The third kappa shape index (κ3) is 1.72. The predicted molar refractivity (Wildman–Crippen MR) is 52.6 cm³/mol. The van der Waals surface area contributed by atoms with Crippen molar-refractivity contribution in [2.24, 2.45) is 0 Å². The van der Waals surface area contributed by atoms with Gasteiger partial charge in [0.1, 0.15) is 0 Å². The van der Waals surface area contributed by atoms with E-state index in [0.29, 0.717) is 0 Å². The van der Waals surface area contributed by atoms with Crippen molar-refractivity contribution in [2.45, 2.75) is 25.9 Å². The molecule has 0 aliphatic carbocycles. The number of imide groups is 1. The minimum absolute atomic E-state index is 0.0809. The molecule has 1 heterocycles. The average molecular weight is 196 g/mol. The summed E-state index contributed by atoms with van der Waals surface area (Å²) in [6.45, 7) is 4.16. The molecule has 0 aromatic heterocycles. The first kappa shape index (κ1) is 10.2. The first-order valence-corrected chi connectivity index (χ1v) is 6.42. The summed E-state index contributed by atoms with van der Waals surface area (Å²) < 4.78 is 0. The minimum Gasteiger partial charge on any atom is -0.279 e. The van der Waals surface area contributed by atoms with Crippen LogP contribution in [0.4, 0.5) is 0 Å². The van der Waals surface area contributed by atoms with Crippen LogP contribution in [0.2, 0.25) is 12.1 Å². The minimum atomic E-state index is -0.766. The molecule has 4 heteroatoms. The lowest BCUT2D eigenvalue weighted by Crippen LogP contribution is -2.29. The first-order chi connectivity index (χ1) is 6.11. The summed E-state index contributed by atoms with van der Waals surface area (Å²) in [6.07, 6.45) is 1.52. The Bertz CT molecular complexity index is 269. The molecular formula is C9H14NO2Si. The Balaban J connectivity index is 2.87. The molecule has 71 valence electrons. The van der Waals surface area contributed by atoms with Gasteiger partial charge in [0.15, 0.2) is 0 Å². The van der Waals surface area contributed by atoms with Crippen molar-refractivity contribution in [1.82, 2.24) is 4.90 Å². The van der Waals surface area contributed by atoms with Gasteiger partial charge >= 0.3 is 0 Å². The Morgan fingerprint density at radius 1 is 1.31 bits per heavy atom.